The number of ketones is 2. The molecule has 3 saturated carbocycles. The predicted octanol–water partition coefficient (Wildman–Crippen LogP) is 4.33. The zero-order valence-electron chi connectivity index (χ0n) is 19.3. The Hall–Kier alpha value is -1.75. The van der Waals surface area contributed by atoms with Gasteiger partial charge in [-0.2, -0.15) is 0 Å². The molecule has 5 nitrogen and oxygen atoms in total. The molecule has 0 saturated heterocycles. The van der Waals surface area contributed by atoms with Crippen LogP contribution in [-0.4, -0.2) is 34.3 Å². The highest BCUT2D eigenvalue weighted by molar-refractivity contribution is 6.01. The van der Waals surface area contributed by atoms with Crippen LogP contribution in [0.1, 0.15) is 79.1 Å². The number of hydrogen-bond acceptors (Lipinski definition) is 5. The summed E-state index contributed by atoms with van der Waals surface area (Å²) in [6.07, 6.45) is 10.2. The maximum absolute atomic E-state index is 13.1. The lowest BCUT2D eigenvalue weighted by atomic mass is 9.41. The van der Waals surface area contributed by atoms with Gasteiger partial charge >= 0.3 is 5.97 Å². The monoisotopic (exact) mass is 428 g/mol. The lowest BCUT2D eigenvalue weighted by Crippen LogP contribution is -2.67. The van der Waals surface area contributed by atoms with Crippen molar-refractivity contribution in [2.45, 2.75) is 90.8 Å². The van der Waals surface area contributed by atoms with Crippen LogP contribution in [0.4, 0.5) is 0 Å². The average Bonchev–Trinajstić information content (AvgIpc) is 2.68. The van der Waals surface area contributed by atoms with Gasteiger partial charge in [0.15, 0.2) is 17.2 Å². The molecule has 0 heterocycles. The van der Waals surface area contributed by atoms with Gasteiger partial charge in [-0.3, -0.25) is 14.4 Å². The van der Waals surface area contributed by atoms with Gasteiger partial charge in [-0.15, -0.1) is 0 Å². The minimum Gasteiger partial charge on any atom is -0.450 e. The molecule has 4 rings (SSSR count). The molecule has 4 aliphatic carbocycles. The molecule has 170 valence electrons. The van der Waals surface area contributed by atoms with Crippen LogP contribution in [0.5, 0.6) is 0 Å². The highest BCUT2D eigenvalue weighted by Crippen LogP contribution is 2.66. The fourth-order valence-corrected chi connectivity index (χ4v) is 7.79. The number of ether oxygens (including phenoxy) is 1. The van der Waals surface area contributed by atoms with Gasteiger partial charge in [-0.05, 0) is 75.9 Å². The third-order valence-corrected chi connectivity index (χ3v) is 9.16. The van der Waals surface area contributed by atoms with Crippen LogP contribution >= 0.6 is 0 Å². The molecule has 1 N–H and O–H groups in total. The zero-order chi connectivity index (χ0) is 22.6. The number of carbonyl (C=O) groups excluding carboxylic acids is 3. The Balaban J connectivity index is 1.75. The number of allylic oxidation sites excluding steroid dienone is 4. The van der Waals surface area contributed by atoms with Crippen molar-refractivity contribution in [2.24, 2.45) is 28.6 Å². The van der Waals surface area contributed by atoms with Gasteiger partial charge in [0.25, 0.3) is 0 Å². The van der Waals surface area contributed by atoms with Crippen LogP contribution in [0.25, 0.3) is 0 Å². The lowest BCUT2D eigenvalue weighted by molar-refractivity contribution is -0.228. The predicted molar refractivity (Wildman–Crippen MR) is 117 cm³/mol. The van der Waals surface area contributed by atoms with Crippen molar-refractivity contribution >= 4 is 17.5 Å². The van der Waals surface area contributed by atoms with Crippen molar-refractivity contribution in [2.75, 3.05) is 0 Å². The third kappa shape index (κ3) is 3.18. The van der Waals surface area contributed by atoms with Crippen LogP contribution in [-0.2, 0) is 19.1 Å². The minimum atomic E-state index is -1.16. The van der Waals surface area contributed by atoms with Crippen LogP contribution < -0.4 is 0 Å². The third-order valence-electron chi connectivity index (χ3n) is 9.16. The summed E-state index contributed by atoms with van der Waals surface area (Å²) >= 11 is 0. The summed E-state index contributed by atoms with van der Waals surface area (Å²) in [6.45, 7) is 7.69. The smallest absolute Gasteiger partial charge is 0.306 e. The number of aliphatic hydroxyl groups is 1. The van der Waals surface area contributed by atoms with Crippen LogP contribution in [0.3, 0.4) is 0 Å². The fraction of sp³-hybridized carbons (Fsp3) is 0.731. The molecule has 0 spiro atoms. The van der Waals surface area contributed by atoms with Gasteiger partial charge in [0.1, 0.15) is 0 Å². The standard InChI is InChI=1S/C26H36O5/c1-5-7-22(30)31-26(16(2)27)12-6-8-20-19-10-9-17-14-18(28)11-13-24(17,3)23(19)21(29)15-25(20,26)4/h11,13-14,19-21,23,29H,5-10,12,15H2,1-4H3/t19-,20-,21-,23+,24-,25+,26-/m0/s1. The number of carbonyl (C=O) groups is 3. The molecule has 0 aliphatic heterocycles. The summed E-state index contributed by atoms with van der Waals surface area (Å²) in [5, 5.41) is 11.5. The zero-order valence-corrected chi connectivity index (χ0v) is 19.3. The molecule has 0 amide bonds. The quantitative estimate of drug-likeness (QED) is 0.674. The second-order valence-corrected chi connectivity index (χ2v) is 10.7. The van der Waals surface area contributed by atoms with E-state index in [0.717, 1.165) is 31.3 Å². The molecule has 7 atom stereocenters. The maximum Gasteiger partial charge on any atom is 0.306 e. The number of esters is 1. The molecule has 0 aromatic heterocycles. The largest absolute Gasteiger partial charge is 0.450 e. The van der Waals surface area contributed by atoms with E-state index in [9.17, 15) is 19.5 Å². The summed E-state index contributed by atoms with van der Waals surface area (Å²) in [7, 11) is 0. The van der Waals surface area contributed by atoms with Gasteiger partial charge in [-0.25, -0.2) is 0 Å². The van der Waals surface area contributed by atoms with Crippen LogP contribution in [0, 0.1) is 28.6 Å². The molecule has 4 aliphatic rings. The highest BCUT2D eigenvalue weighted by Gasteiger charge is 2.67. The summed E-state index contributed by atoms with van der Waals surface area (Å²) in [4.78, 5) is 37.7. The van der Waals surface area contributed by atoms with E-state index in [1.807, 2.05) is 13.0 Å². The molecule has 0 bridgehead atoms. The summed E-state index contributed by atoms with van der Waals surface area (Å²) in [5.74, 6) is 0.0301. The molecular weight excluding hydrogens is 392 g/mol. The van der Waals surface area contributed by atoms with Crippen molar-refractivity contribution in [1.29, 1.82) is 0 Å². The van der Waals surface area contributed by atoms with E-state index < -0.39 is 17.1 Å². The number of aliphatic hydroxyl groups excluding tert-OH is 1. The summed E-state index contributed by atoms with van der Waals surface area (Å²) < 4.78 is 6.06. The van der Waals surface area contributed by atoms with Gasteiger partial charge in [0, 0.05) is 23.2 Å². The highest BCUT2D eigenvalue weighted by atomic mass is 16.6. The van der Waals surface area contributed by atoms with E-state index >= 15 is 0 Å². The maximum atomic E-state index is 13.1. The van der Waals surface area contributed by atoms with Crippen molar-refractivity contribution in [1.82, 2.24) is 0 Å². The molecule has 5 heteroatoms. The van der Waals surface area contributed by atoms with Crippen molar-refractivity contribution < 1.29 is 24.2 Å². The molecule has 31 heavy (non-hydrogen) atoms. The van der Waals surface area contributed by atoms with Gasteiger partial charge < -0.3 is 9.84 Å². The van der Waals surface area contributed by atoms with Crippen LogP contribution in [0.15, 0.2) is 23.8 Å². The van der Waals surface area contributed by atoms with Gasteiger partial charge in [-0.1, -0.05) is 32.4 Å². The Bertz CT molecular complexity index is 856. The first-order valence-electron chi connectivity index (χ1n) is 11.9. The van der Waals surface area contributed by atoms with Crippen molar-refractivity contribution in [3.05, 3.63) is 23.8 Å². The fourth-order valence-electron chi connectivity index (χ4n) is 7.79. The molecule has 3 fully saturated rings. The van der Waals surface area contributed by atoms with E-state index in [-0.39, 0.29) is 40.7 Å². The molecule has 0 aromatic carbocycles. The SMILES string of the molecule is CCCC(=O)O[C@]1(C(C)=O)CCC[C@H]2[C@@H]3CCC4=CC(=O)C=C[C@]4(C)[C@H]3[C@@H](O)C[C@]21C. The Morgan fingerprint density at radius 1 is 1.26 bits per heavy atom. The van der Waals surface area contributed by atoms with Gasteiger partial charge in [0.2, 0.25) is 0 Å². The first-order chi connectivity index (χ1) is 14.6. The van der Waals surface area contributed by atoms with Gasteiger partial charge in [0.05, 0.1) is 6.10 Å². The summed E-state index contributed by atoms with van der Waals surface area (Å²) in [5.41, 5.74) is -0.977. The summed E-state index contributed by atoms with van der Waals surface area (Å²) in [6, 6.07) is 0. The minimum absolute atomic E-state index is 0.00373. The van der Waals surface area contributed by atoms with Crippen molar-refractivity contribution in [3.63, 3.8) is 0 Å². The van der Waals surface area contributed by atoms with Crippen LogP contribution in [0.2, 0.25) is 0 Å². The Labute approximate surface area is 185 Å². The van der Waals surface area contributed by atoms with E-state index in [1.165, 1.54) is 0 Å². The average molecular weight is 429 g/mol. The second kappa shape index (κ2) is 7.68. The Kier molecular flexibility index (Phi) is 5.56. The topological polar surface area (TPSA) is 80.7 Å². The first kappa shape index (κ1) is 22.4. The lowest BCUT2D eigenvalue weighted by Gasteiger charge is -2.64. The van der Waals surface area contributed by atoms with E-state index in [2.05, 4.69) is 13.8 Å². The molecule has 0 unspecified atom stereocenters. The number of fused-ring (bicyclic) bond motifs is 5. The molecular formula is C26H36O5. The second-order valence-electron chi connectivity index (χ2n) is 10.7. The van der Waals surface area contributed by atoms with E-state index in [1.54, 1.807) is 19.1 Å². The van der Waals surface area contributed by atoms with E-state index in [4.69, 9.17) is 4.74 Å². The van der Waals surface area contributed by atoms with E-state index in [0.29, 0.717) is 25.7 Å². The van der Waals surface area contributed by atoms with Crippen molar-refractivity contribution in [3.8, 4) is 0 Å². The number of Topliss-reactive ketones (excluding diaryl/α,β-unsaturated/α-hetero) is 1. The Morgan fingerprint density at radius 2 is 2.00 bits per heavy atom. The number of hydrogen-bond donors (Lipinski definition) is 1. The molecule has 0 aromatic rings. The normalized spacial score (nSPS) is 43.9. The Morgan fingerprint density at radius 3 is 2.68 bits per heavy atom. The number of rotatable bonds is 4. The molecule has 0 radical (unpaired) electrons. The first-order valence-corrected chi connectivity index (χ1v) is 11.9.